The normalized spacial score (nSPS) is 11.9. The first-order chi connectivity index (χ1) is 11.2. The molecule has 2 aromatic heterocycles. The lowest BCUT2D eigenvalue weighted by atomic mass is 10.1. The Morgan fingerprint density at radius 2 is 1.91 bits per heavy atom. The van der Waals surface area contributed by atoms with Gasteiger partial charge in [0.2, 0.25) is 0 Å². The van der Waals surface area contributed by atoms with Gasteiger partial charge in [-0.2, -0.15) is 0 Å². The third-order valence-electron chi connectivity index (χ3n) is 3.62. The molecule has 3 aromatic rings. The topological polar surface area (TPSA) is 72.7 Å². The second-order valence-corrected chi connectivity index (χ2v) is 5.21. The third-order valence-corrected chi connectivity index (χ3v) is 3.62. The number of nitrogens with one attached hydrogen (secondary N) is 1. The van der Waals surface area contributed by atoms with Gasteiger partial charge in [0.05, 0.1) is 12.2 Å². The van der Waals surface area contributed by atoms with Gasteiger partial charge in [-0.3, -0.25) is 9.78 Å². The Hall–Kier alpha value is -3.02. The number of nitrogens with zero attached hydrogens (tertiary/aromatic N) is 4. The van der Waals surface area contributed by atoms with Crippen LogP contribution < -0.4 is 5.32 Å². The second-order valence-electron chi connectivity index (χ2n) is 5.21. The fourth-order valence-electron chi connectivity index (χ4n) is 2.23. The van der Waals surface area contributed by atoms with E-state index in [4.69, 9.17) is 0 Å². The summed E-state index contributed by atoms with van der Waals surface area (Å²) in [5.41, 5.74) is 2.40. The molecule has 1 amide bonds. The number of carbonyl (C=O) groups is 1. The zero-order valence-electron chi connectivity index (χ0n) is 12.8. The zero-order chi connectivity index (χ0) is 16.1. The lowest BCUT2D eigenvalue weighted by Gasteiger charge is -2.10. The average molecular weight is 307 g/mol. The highest BCUT2D eigenvalue weighted by Gasteiger charge is 2.14. The van der Waals surface area contributed by atoms with Crippen LogP contribution in [0.3, 0.4) is 0 Å². The van der Waals surface area contributed by atoms with Gasteiger partial charge in [0.25, 0.3) is 5.91 Å². The molecule has 0 saturated heterocycles. The molecule has 6 nitrogen and oxygen atoms in total. The van der Waals surface area contributed by atoms with Gasteiger partial charge in [0.1, 0.15) is 0 Å². The average Bonchev–Trinajstić information content (AvgIpc) is 3.11. The summed E-state index contributed by atoms with van der Waals surface area (Å²) < 4.78 is 1.69. The number of benzene rings is 1. The Bertz CT molecular complexity index is 770. The zero-order valence-corrected chi connectivity index (χ0v) is 12.8. The van der Waals surface area contributed by atoms with E-state index in [0.717, 1.165) is 11.1 Å². The van der Waals surface area contributed by atoms with Crippen LogP contribution in [0.25, 0.3) is 0 Å². The van der Waals surface area contributed by atoms with Crippen molar-refractivity contribution in [3.8, 4) is 0 Å². The molecule has 0 aliphatic rings. The maximum atomic E-state index is 12.1. The van der Waals surface area contributed by atoms with E-state index in [1.807, 2.05) is 49.4 Å². The van der Waals surface area contributed by atoms with Crippen molar-refractivity contribution in [3.05, 3.63) is 77.9 Å². The molecule has 116 valence electrons. The highest BCUT2D eigenvalue weighted by atomic mass is 16.2. The summed E-state index contributed by atoms with van der Waals surface area (Å²) in [5.74, 6) is -0.242. The lowest BCUT2D eigenvalue weighted by Crippen LogP contribution is -2.23. The molecule has 1 aromatic carbocycles. The minimum Gasteiger partial charge on any atom is -0.347 e. The van der Waals surface area contributed by atoms with Gasteiger partial charge in [-0.05, 0) is 30.2 Å². The summed E-state index contributed by atoms with van der Waals surface area (Å²) in [4.78, 5) is 16.1. The van der Waals surface area contributed by atoms with Crippen LogP contribution >= 0.6 is 0 Å². The van der Waals surface area contributed by atoms with Crippen LogP contribution in [0.5, 0.6) is 0 Å². The number of aromatic nitrogens is 4. The Balaban J connectivity index is 1.65. The highest BCUT2D eigenvalue weighted by Crippen LogP contribution is 2.16. The standard InChI is InChI=1S/C17H17N5O/c1-13(15-5-3-2-4-6-15)22-12-16(20-21-22)17(23)19-11-14-7-9-18-10-8-14/h2-10,12-13H,11H2,1H3,(H,19,23)/t13-/m1/s1. The molecule has 23 heavy (non-hydrogen) atoms. The first kappa shape index (κ1) is 14.9. The van der Waals surface area contributed by atoms with Crippen LogP contribution in [0, 0.1) is 0 Å². The summed E-state index contributed by atoms with van der Waals surface area (Å²) in [6.07, 6.45) is 5.05. The molecular formula is C17H17N5O. The highest BCUT2D eigenvalue weighted by molar-refractivity contribution is 5.91. The Kier molecular flexibility index (Phi) is 4.42. The van der Waals surface area contributed by atoms with E-state index < -0.39 is 0 Å². The molecule has 2 heterocycles. The van der Waals surface area contributed by atoms with Crippen molar-refractivity contribution in [1.29, 1.82) is 0 Å². The molecule has 0 unspecified atom stereocenters. The van der Waals surface area contributed by atoms with Crippen molar-refractivity contribution in [1.82, 2.24) is 25.3 Å². The molecular weight excluding hydrogens is 290 g/mol. The second kappa shape index (κ2) is 6.83. The molecule has 0 spiro atoms. The summed E-state index contributed by atoms with van der Waals surface area (Å²) in [6.45, 7) is 2.45. The van der Waals surface area contributed by atoms with Gasteiger partial charge in [-0.15, -0.1) is 5.10 Å². The number of rotatable bonds is 5. The number of hydrogen-bond donors (Lipinski definition) is 1. The predicted octanol–water partition coefficient (Wildman–Crippen LogP) is 2.21. The van der Waals surface area contributed by atoms with Crippen molar-refractivity contribution in [3.63, 3.8) is 0 Å². The van der Waals surface area contributed by atoms with Crippen LogP contribution in [0.15, 0.2) is 61.1 Å². The molecule has 0 saturated carbocycles. The molecule has 1 N–H and O–H groups in total. The van der Waals surface area contributed by atoms with Gasteiger partial charge in [0.15, 0.2) is 5.69 Å². The van der Waals surface area contributed by atoms with Crippen molar-refractivity contribution in [2.24, 2.45) is 0 Å². The van der Waals surface area contributed by atoms with Crippen LogP contribution in [0.4, 0.5) is 0 Å². The summed E-state index contributed by atoms with van der Waals surface area (Å²) >= 11 is 0. The first-order valence-corrected chi connectivity index (χ1v) is 7.38. The Labute approximate surface area is 134 Å². The van der Waals surface area contributed by atoms with E-state index in [1.54, 1.807) is 23.3 Å². The van der Waals surface area contributed by atoms with Crippen molar-refractivity contribution in [2.75, 3.05) is 0 Å². The van der Waals surface area contributed by atoms with Gasteiger partial charge >= 0.3 is 0 Å². The minimum atomic E-state index is -0.242. The lowest BCUT2D eigenvalue weighted by molar-refractivity contribution is 0.0946. The van der Waals surface area contributed by atoms with Crippen LogP contribution in [0.1, 0.15) is 34.6 Å². The van der Waals surface area contributed by atoms with E-state index in [-0.39, 0.29) is 11.9 Å². The van der Waals surface area contributed by atoms with Crippen LogP contribution in [-0.4, -0.2) is 25.9 Å². The fraction of sp³-hybridized carbons (Fsp3) is 0.176. The van der Waals surface area contributed by atoms with E-state index >= 15 is 0 Å². The molecule has 0 fully saturated rings. The number of carbonyl (C=O) groups excluding carboxylic acids is 1. The monoisotopic (exact) mass is 307 g/mol. The number of hydrogen-bond acceptors (Lipinski definition) is 4. The van der Waals surface area contributed by atoms with Crippen molar-refractivity contribution in [2.45, 2.75) is 19.5 Å². The summed E-state index contributed by atoms with van der Waals surface area (Å²) in [7, 11) is 0. The molecule has 0 aliphatic carbocycles. The quantitative estimate of drug-likeness (QED) is 0.784. The van der Waals surface area contributed by atoms with E-state index in [1.165, 1.54) is 0 Å². The van der Waals surface area contributed by atoms with E-state index in [0.29, 0.717) is 12.2 Å². The minimum absolute atomic E-state index is 0.0189. The number of amides is 1. The maximum Gasteiger partial charge on any atom is 0.273 e. The van der Waals surface area contributed by atoms with Crippen LogP contribution in [0.2, 0.25) is 0 Å². The third kappa shape index (κ3) is 3.60. The molecule has 6 heteroatoms. The van der Waals surface area contributed by atoms with Crippen molar-refractivity contribution < 1.29 is 4.79 Å². The number of pyridine rings is 1. The summed E-state index contributed by atoms with van der Waals surface area (Å²) in [5, 5.41) is 10.9. The van der Waals surface area contributed by atoms with E-state index in [2.05, 4.69) is 20.6 Å². The smallest absolute Gasteiger partial charge is 0.273 e. The fourth-order valence-corrected chi connectivity index (χ4v) is 2.23. The van der Waals surface area contributed by atoms with Gasteiger partial charge < -0.3 is 5.32 Å². The Morgan fingerprint density at radius 1 is 1.17 bits per heavy atom. The van der Waals surface area contributed by atoms with Gasteiger partial charge in [-0.1, -0.05) is 35.5 Å². The first-order valence-electron chi connectivity index (χ1n) is 7.38. The molecule has 1 atom stereocenters. The van der Waals surface area contributed by atoms with Gasteiger partial charge in [-0.25, -0.2) is 4.68 Å². The predicted molar refractivity (Wildman–Crippen MR) is 85.7 cm³/mol. The van der Waals surface area contributed by atoms with Crippen molar-refractivity contribution >= 4 is 5.91 Å². The Morgan fingerprint density at radius 3 is 2.65 bits per heavy atom. The summed E-state index contributed by atoms with van der Waals surface area (Å²) in [6, 6.07) is 13.7. The van der Waals surface area contributed by atoms with E-state index in [9.17, 15) is 4.79 Å². The molecule has 0 aliphatic heterocycles. The SMILES string of the molecule is C[C@H](c1ccccc1)n1cc(C(=O)NCc2ccncc2)nn1. The van der Waals surface area contributed by atoms with Gasteiger partial charge in [0, 0.05) is 18.9 Å². The molecule has 0 bridgehead atoms. The largest absolute Gasteiger partial charge is 0.347 e. The maximum absolute atomic E-state index is 12.1. The molecule has 3 rings (SSSR count). The molecule has 0 radical (unpaired) electrons. The van der Waals surface area contributed by atoms with Crippen LogP contribution in [-0.2, 0) is 6.54 Å².